The zero-order chi connectivity index (χ0) is 12.1. The summed E-state index contributed by atoms with van der Waals surface area (Å²) in [5, 5.41) is 0.860. The van der Waals surface area contributed by atoms with Crippen molar-refractivity contribution in [3.8, 4) is 0 Å². The number of hydrogen-bond donors (Lipinski definition) is 1. The van der Waals surface area contributed by atoms with E-state index in [1.165, 1.54) is 43.2 Å². The molecule has 0 aromatic heterocycles. The molecule has 2 heteroatoms. The molecule has 2 N–H and O–H groups in total. The van der Waals surface area contributed by atoms with E-state index in [1.54, 1.807) is 0 Å². The number of nitrogens with two attached hydrogens (primary N) is 1. The lowest BCUT2D eigenvalue weighted by atomic mass is 10.0. The molecule has 0 aliphatic heterocycles. The highest BCUT2D eigenvalue weighted by Gasteiger charge is 2.16. The van der Waals surface area contributed by atoms with Gasteiger partial charge in [-0.2, -0.15) is 11.8 Å². The van der Waals surface area contributed by atoms with Gasteiger partial charge in [0.05, 0.1) is 0 Å². The van der Waals surface area contributed by atoms with Gasteiger partial charge in [0, 0.05) is 17.0 Å². The zero-order valence-electron chi connectivity index (χ0n) is 10.7. The van der Waals surface area contributed by atoms with Crippen LogP contribution in [0.1, 0.15) is 49.3 Å². The van der Waals surface area contributed by atoms with Gasteiger partial charge in [-0.25, -0.2) is 0 Å². The third-order valence-electron chi connectivity index (χ3n) is 3.65. The number of aryl methyl sites for hydroxylation is 1. The minimum atomic E-state index is 0.197. The van der Waals surface area contributed by atoms with Crippen molar-refractivity contribution >= 4 is 11.8 Å². The third-order valence-corrected chi connectivity index (χ3v) is 5.15. The molecular weight excluding hydrogens is 226 g/mol. The molecule has 0 spiro atoms. The van der Waals surface area contributed by atoms with Crippen LogP contribution >= 0.6 is 11.8 Å². The van der Waals surface area contributed by atoms with Gasteiger partial charge in [0.25, 0.3) is 0 Å². The average molecular weight is 249 g/mol. The van der Waals surface area contributed by atoms with Crippen LogP contribution in [0.15, 0.2) is 24.3 Å². The summed E-state index contributed by atoms with van der Waals surface area (Å²) < 4.78 is 0. The second-order valence-corrected chi connectivity index (χ2v) is 6.39. The average Bonchev–Trinajstić information content (AvgIpc) is 2.38. The van der Waals surface area contributed by atoms with Crippen LogP contribution in [0.3, 0.4) is 0 Å². The number of thioether (sulfide) groups is 1. The Morgan fingerprint density at radius 2 is 1.94 bits per heavy atom. The zero-order valence-corrected chi connectivity index (χ0v) is 11.5. The highest BCUT2D eigenvalue weighted by molar-refractivity contribution is 7.99. The Hall–Kier alpha value is -0.470. The maximum atomic E-state index is 6.29. The first-order chi connectivity index (χ1) is 8.27. The molecule has 1 nitrogen and oxygen atoms in total. The molecule has 1 aromatic carbocycles. The first kappa shape index (κ1) is 13.0. The smallest absolute Gasteiger partial charge is 0.0389 e. The van der Waals surface area contributed by atoms with E-state index in [4.69, 9.17) is 5.73 Å². The molecule has 2 rings (SSSR count). The lowest BCUT2D eigenvalue weighted by molar-refractivity contribution is 0.515. The SMILES string of the molecule is Cc1ccccc1C(N)CSC1CCCCC1. The maximum Gasteiger partial charge on any atom is 0.0389 e. The Kier molecular flexibility index (Phi) is 4.93. The van der Waals surface area contributed by atoms with Crippen LogP contribution in [0.5, 0.6) is 0 Å². The van der Waals surface area contributed by atoms with Gasteiger partial charge in [0.15, 0.2) is 0 Å². The molecule has 17 heavy (non-hydrogen) atoms. The predicted octanol–water partition coefficient (Wildman–Crippen LogP) is 4.06. The molecule has 0 heterocycles. The normalized spacial score (nSPS) is 19.2. The van der Waals surface area contributed by atoms with Crippen molar-refractivity contribution < 1.29 is 0 Å². The Morgan fingerprint density at radius 1 is 1.24 bits per heavy atom. The summed E-state index contributed by atoms with van der Waals surface area (Å²) in [4.78, 5) is 0. The lowest BCUT2D eigenvalue weighted by Gasteiger charge is -2.23. The van der Waals surface area contributed by atoms with Crippen molar-refractivity contribution in [3.05, 3.63) is 35.4 Å². The van der Waals surface area contributed by atoms with Crippen LogP contribution in [0.25, 0.3) is 0 Å². The number of benzene rings is 1. The van der Waals surface area contributed by atoms with Crippen LogP contribution in [0.2, 0.25) is 0 Å². The molecule has 0 bridgehead atoms. The summed E-state index contributed by atoms with van der Waals surface area (Å²) >= 11 is 2.08. The van der Waals surface area contributed by atoms with Crippen molar-refractivity contribution in [1.29, 1.82) is 0 Å². The third kappa shape index (κ3) is 3.75. The van der Waals surface area contributed by atoms with Gasteiger partial charge in [-0.05, 0) is 30.9 Å². The first-order valence-corrected chi connectivity index (χ1v) is 7.75. The van der Waals surface area contributed by atoms with E-state index in [-0.39, 0.29) is 6.04 Å². The summed E-state index contributed by atoms with van der Waals surface area (Å²) in [6.07, 6.45) is 7.05. The molecule has 1 atom stereocenters. The van der Waals surface area contributed by atoms with Gasteiger partial charge in [-0.3, -0.25) is 0 Å². The Labute approximate surface area is 109 Å². The fourth-order valence-electron chi connectivity index (χ4n) is 2.56. The minimum Gasteiger partial charge on any atom is -0.323 e. The van der Waals surface area contributed by atoms with Gasteiger partial charge in [0.1, 0.15) is 0 Å². The lowest BCUT2D eigenvalue weighted by Crippen LogP contribution is -2.17. The Morgan fingerprint density at radius 3 is 2.65 bits per heavy atom. The van der Waals surface area contributed by atoms with Gasteiger partial charge < -0.3 is 5.73 Å². The van der Waals surface area contributed by atoms with E-state index in [0.717, 1.165) is 11.0 Å². The summed E-state index contributed by atoms with van der Waals surface area (Å²) in [5.41, 5.74) is 8.93. The highest BCUT2D eigenvalue weighted by Crippen LogP contribution is 2.30. The second-order valence-electron chi connectivity index (χ2n) is 5.06. The van der Waals surface area contributed by atoms with Crippen LogP contribution < -0.4 is 5.73 Å². The van der Waals surface area contributed by atoms with Crippen molar-refractivity contribution in [2.24, 2.45) is 5.73 Å². The van der Waals surface area contributed by atoms with E-state index in [2.05, 4.69) is 43.0 Å². The van der Waals surface area contributed by atoms with Crippen LogP contribution in [0, 0.1) is 6.92 Å². The van der Waals surface area contributed by atoms with E-state index in [1.807, 2.05) is 0 Å². The van der Waals surface area contributed by atoms with E-state index in [0.29, 0.717) is 0 Å². The number of hydrogen-bond acceptors (Lipinski definition) is 2. The second kappa shape index (κ2) is 6.46. The molecular formula is C15H23NS. The molecule has 1 saturated carbocycles. The molecule has 1 unspecified atom stereocenters. The van der Waals surface area contributed by atoms with Gasteiger partial charge in [-0.1, -0.05) is 43.5 Å². The van der Waals surface area contributed by atoms with E-state index in [9.17, 15) is 0 Å². The summed E-state index contributed by atoms with van der Waals surface area (Å²) in [6.45, 7) is 2.15. The topological polar surface area (TPSA) is 26.0 Å². The minimum absolute atomic E-state index is 0.197. The summed E-state index contributed by atoms with van der Waals surface area (Å²) in [6, 6.07) is 8.69. The van der Waals surface area contributed by atoms with E-state index < -0.39 is 0 Å². The highest BCUT2D eigenvalue weighted by atomic mass is 32.2. The molecule has 1 aliphatic rings. The Bertz CT molecular complexity index is 345. The van der Waals surface area contributed by atoms with Gasteiger partial charge in [-0.15, -0.1) is 0 Å². The molecule has 0 saturated heterocycles. The maximum absolute atomic E-state index is 6.29. The van der Waals surface area contributed by atoms with Crippen molar-refractivity contribution in [2.45, 2.75) is 50.3 Å². The van der Waals surface area contributed by atoms with Crippen LogP contribution in [-0.4, -0.2) is 11.0 Å². The quantitative estimate of drug-likeness (QED) is 0.871. The van der Waals surface area contributed by atoms with Crippen molar-refractivity contribution in [3.63, 3.8) is 0 Å². The van der Waals surface area contributed by atoms with Gasteiger partial charge in [0.2, 0.25) is 0 Å². The summed E-state index contributed by atoms with van der Waals surface area (Å²) in [7, 11) is 0. The first-order valence-electron chi connectivity index (χ1n) is 6.70. The fourth-order valence-corrected chi connectivity index (χ4v) is 3.89. The summed E-state index contributed by atoms with van der Waals surface area (Å²) in [5.74, 6) is 1.06. The fraction of sp³-hybridized carbons (Fsp3) is 0.600. The predicted molar refractivity (Wildman–Crippen MR) is 77.4 cm³/mol. The molecule has 0 amide bonds. The van der Waals surface area contributed by atoms with Crippen molar-refractivity contribution in [1.82, 2.24) is 0 Å². The monoisotopic (exact) mass is 249 g/mol. The molecule has 1 aliphatic carbocycles. The van der Waals surface area contributed by atoms with Crippen molar-refractivity contribution in [2.75, 3.05) is 5.75 Å². The van der Waals surface area contributed by atoms with E-state index >= 15 is 0 Å². The molecule has 94 valence electrons. The molecule has 1 fully saturated rings. The van der Waals surface area contributed by atoms with Crippen LogP contribution in [0.4, 0.5) is 0 Å². The Balaban J connectivity index is 1.84. The standard InChI is InChI=1S/C15H23NS/c1-12-7-5-6-10-14(12)15(16)11-17-13-8-3-2-4-9-13/h5-7,10,13,15H,2-4,8-9,11,16H2,1H3. The largest absolute Gasteiger partial charge is 0.323 e. The molecule has 0 radical (unpaired) electrons. The van der Waals surface area contributed by atoms with Crippen LogP contribution in [-0.2, 0) is 0 Å². The van der Waals surface area contributed by atoms with Gasteiger partial charge >= 0.3 is 0 Å². The number of rotatable bonds is 4. The molecule has 1 aromatic rings.